The van der Waals surface area contributed by atoms with Crippen LogP contribution in [0.2, 0.25) is 0 Å². The van der Waals surface area contributed by atoms with Crippen molar-refractivity contribution in [1.29, 1.82) is 0 Å². The van der Waals surface area contributed by atoms with Crippen LogP contribution in [-0.2, 0) is 14.8 Å². The highest BCUT2D eigenvalue weighted by molar-refractivity contribution is 7.88. The van der Waals surface area contributed by atoms with Crippen molar-refractivity contribution >= 4 is 15.9 Å². The fraction of sp³-hybridized carbons (Fsp3) is 0.632. The average molecular weight is 396 g/mol. The van der Waals surface area contributed by atoms with Gasteiger partial charge in [0.25, 0.3) is 0 Å². The van der Waals surface area contributed by atoms with Crippen LogP contribution in [0.4, 0.5) is 4.39 Å². The summed E-state index contributed by atoms with van der Waals surface area (Å²) in [5, 5.41) is 0. The lowest BCUT2D eigenvalue weighted by atomic mass is 9.75. The number of hydrogen-bond donors (Lipinski definition) is 1. The molecule has 1 aromatic rings. The third kappa shape index (κ3) is 3.75. The Morgan fingerprint density at radius 3 is 2.48 bits per heavy atom. The second kappa shape index (κ2) is 7.14. The molecule has 8 heteroatoms. The van der Waals surface area contributed by atoms with Gasteiger partial charge >= 0.3 is 0 Å². The maximum absolute atomic E-state index is 13.4. The van der Waals surface area contributed by atoms with Gasteiger partial charge in [0.15, 0.2) is 0 Å². The second-order valence-corrected chi connectivity index (χ2v) is 9.81. The Kier molecular flexibility index (Phi) is 4.98. The number of fused-ring (bicyclic) bond motifs is 2. The lowest BCUT2D eigenvalue weighted by Gasteiger charge is -2.51. The molecule has 1 aromatic carbocycles. The molecule has 4 fully saturated rings. The SMILES string of the molecule is CS(=O)(=O)NCCC(=O)N1C[C@H](c2ccc(F)cc2)[C@H]2[C@@H]1C1CCN2CC1. The molecule has 1 amide bonds. The number of piperidine rings is 3. The zero-order valence-corrected chi connectivity index (χ0v) is 16.3. The molecule has 2 bridgehead atoms. The number of nitrogens with one attached hydrogen (secondary N) is 1. The molecule has 4 aliphatic rings. The van der Waals surface area contributed by atoms with Gasteiger partial charge in [-0.05, 0) is 49.5 Å². The summed E-state index contributed by atoms with van der Waals surface area (Å²) in [5.41, 5.74) is 1.07. The van der Waals surface area contributed by atoms with Crippen molar-refractivity contribution < 1.29 is 17.6 Å². The predicted octanol–water partition coefficient (Wildman–Crippen LogP) is 1.15. The fourth-order valence-corrected chi connectivity index (χ4v) is 5.67. The van der Waals surface area contributed by atoms with Gasteiger partial charge in [-0.15, -0.1) is 0 Å². The molecule has 3 atom stereocenters. The lowest BCUT2D eigenvalue weighted by Crippen LogP contribution is -2.60. The number of carbonyl (C=O) groups excluding carboxylic acids is 1. The van der Waals surface area contributed by atoms with Crippen molar-refractivity contribution in [2.45, 2.75) is 37.3 Å². The van der Waals surface area contributed by atoms with E-state index in [1.807, 2.05) is 17.0 Å². The highest BCUT2D eigenvalue weighted by Gasteiger charge is 2.54. The van der Waals surface area contributed by atoms with E-state index in [9.17, 15) is 17.6 Å². The molecule has 4 heterocycles. The second-order valence-electron chi connectivity index (χ2n) is 7.98. The minimum Gasteiger partial charge on any atom is -0.337 e. The molecule has 4 saturated heterocycles. The van der Waals surface area contributed by atoms with Gasteiger partial charge in [-0.25, -0.2) is 17.5 Å². The first kappa shape index (κ1) is 18.8. The van der Waals surface area contributed by atoms with Crippen LogP contribution in [0.5, 0.6) is 0 Å². The number of sulfonamides is 1. The normalized spacial score (nSPS) is 32.5. The average Bonchev–Trinajstić information content (AvgIpc) is 3.05. The Morgan fingerprint density at radius 2 is 1.85 bits per heavy atom. The maximum atomic E-state index is 13.4. The van der Waals surface area contributed by atoms with E-state index >= 15 is 0 Å². The Balaban J connectivity index is 1.55. The summed E-state index contributed by atoms with van der Waals surface area (Å²) in [4.78, 5) is 17.4. The van der Waals surface area contributed by atoms with Crippen molar-refractivity contribution in [3.63, 3.8) is 0 Å². The third-order valence-corrected chi connectivity index (χ3v) is 7.04. The fourth-order valence-electron chi connectivity index (χ4n) is 5.19. The summed E-state index contributed by atoms with van der Waals surface area (Å²) in [6, 6.07) is 7.09. The van der Waals surface area contributed by atoms with Crippen molar-refractivity contribution in [1.82, 2.24) is 14.5 Å². The molecule has 0 unspecified atom stereocenters. The largest absolute Gasteiger partial charge is 0.337 e. The van der Waals surface area contributed by atoms with E-state index in [0.29, 0.717) is 12.5 Å². The topological polar surface area (TPSA) is 69.7 Å². The van der Waals surface area contributed by atoms with E-state index in [2.05, 4.69) is 9.62 Å². The number of nitrogens with zero attached hydrogens (tertiary/aromatic N) is 2. The zero-order chi connectivity index (χ0) is 19.2. The maximum Gasteiger partial charge on any atom is 0.224 e. The van der Waals surface area contributed by atoms with Crippen LogP contribution < -0.4 is 4.72 Å². The van der Waals surface area contributed by atoms with Crippen LogP contribution in [0.3, 0.4) is 0 Å². The Morgan fingerprint density at radius 1 is 1.19 bits per heavy atom. The first-order valence-electron chi connectivity index (χ1n) is 9.57. The zero-order valence-electron chi connectivity index (χ0n) is 15.5. The molecule has 0 spiro atoms. The predicted molar refractivity (Wildman–Crippen MR) is 100 cm³/mol. The summed E-state index contributed by atoms with van der Waals surface area (Å²) in [6.45, 7) is 2.86. The lowest BCUT2D eigenvalue weighted by molar-refractivity contribution is -0.135. The molecule has 5 rings (SSSR count). The summed E-state index contributed by atoms with van der Waals surface area (Å²) < 4.78 is 38.3. The number of benzene rings is 1. The quantitative estimate of drug-likeness (QED) is 0.812. The van der Waals surface area contributed by atoms with Crippen LogP contribution in [0.25, 0.3) is 0 Å². The van der Waals surface area contributed by atoms with Crippen molar-refractivity contribution in [2.75, 3.05) is 32.4 Å². The van der Waals surface area contributed by atoms with Crippen LogP contribution in [0.15, 0.2) is 24.3 Å². The monoisotopic (exact) mass is 395 g/mol. The first-order chi connectivity index (χ1) is 12.8. The van der Waals surface area contributed by atoms with E-state index in [1.165, 1.54) is 12.1 Å². The van der Waals surface area contributed by atoms with Crippen molar-refractivity contribution in [3.05, 3.63) is 35.6 Å². The number of hydrogen-bond acceptors (Lipinski definition) is 4. The molecule has 4 aliphatic heterocycles. The van der Waals surface area contributed by atoms with E-state index in [4.69, 9.17) is 0 Å². The Bertz CT molecular complexity index is 806. The van der Waals surface area contributed by atoms with Gasteiger partial charge in [0.05, 0.1) is 12.3 Å². The smallest absolute Gasteiger partial charge is 0.224 e. The Labute approximate surface area is 159 Å². The molecular formula is C19H26FN3O3S. The molecule has 0 aromatic heterocycles. The minimum atomic E-state index is -3.30. The van der Waals surface area contributed by atoms with Crippen LogP contribution >= 0.6 is 0 Å². The van der Waals surface area contributed by atoms with Gasteiger partial charge in [-0.2, -0.15) is 0 Å². The molecule has 27 heavy (non-hydrogen) atoms. The number of rotatable bonds is 5. The van der Waals surface area contributed by atoms with E-state index in [-0.39, 0.29) is 42.7 Å². The van der Waals surface area contributed by atoms with Crippen LogP contribution in [0.1, 0.15) is 30.7 Å². The molecule has 0 radical (unpaired) electrons. The third-order valence-electron chi connectivity index (χ3n) is 6.32. The number of carbonyl (C=O) groups is 1. The molecule has 1 N–H and O–H groups in total. The highest BCUT2D eigenvalue weighted by atomic mass is 32.2. The molecule has 0 aliphatic carbocycles. The first-order valence-corrected chi connectivity index (χ1v) is 11.5. The summed E-state index contributed by atoms with van der Waals surface area (Å²) >= 11 is 0. The van der Waals surface area contributed by atoms with Gasteiger partial charge in [-0.1, -0.05) is 12.1 Å². The van der Waals surface area contributed by atoms with Gasteiger partial charge < -0.3 is 4.90 Å². The summed E-state index contributed by atoms with van der Waals surface area (Å²) in [6.07, 6.45) is 3.46. The van der Waals surface area contributed by atoms with E-state index in [0.717, 1.165) is 37.8 Å². The molecule has 6 nitrogen and oxygen atoms in total. The van der Waals surface area contributed by atoms with Gasteiger partial charge in [-0.3, -0.25) is 9.69 Å². The number of likely N-dealkylation sites (tertiary alicyclic amines) is 1. The molecular weight excluding hydrogens is 369 g/mol. The Hall–Kier alpha value is -1.51. The van der Waals surface area contributed by atoms with E-state index < -0.39 is 10.0 Å². The van der Waals surface area contributed by atoms with Crippen molar-refractivity contribution in [3.8, 4) is 0 Å². The molecule has 148 valence electrons. The summed E-state index contributed by atoms with van der Waals surface area (Å²) in [7, 11) is -3.30. The van der Waals surface area contributed by atoms with Crippen LogP contribution in [0, 0.1) is 11.7 Å². The number of halogens is 1. The summed E-state index contributed by atoms with van der Waals surface area (Å²) in [5.74, 6) is 0.417. The van der Waals surface area contributed by atoms with Crippen LogP contribution in [-0.4, -0.2) is 68.6 Å². The standard InChI is InChI=1S/C19H26FN3O3S/c1-27(25,26)21-9-6-17(24)23-12-16(13-2-4-15(20)5-3-13)19-18(23)14-7-10-22(19)11-8-14/h2-5,14,16,18-19,21H,6-12H2,1H3/t16-,18+,19+/m1/s1. The van der Waals surface area contributed by atoms with Gasteiger partial charge in [0, 0.05) is 31.5 Å². The highest BCUT2D eigenvalue weighted by Crippen LogP contribution is 2.46. The molecule has 0 saturated carbocycles. The minimum absolute atomic E-state index is 0.000452. The van der Waals surface area contributed by atoms with E-state index in [1.54, 1.807) is 0 Å². The van der Waals surface area contributed by atoms with Gasteiger partial charge in [0.1, 0.15) is 5.82 Å². The van der Waals surface area contributed by atoms with Gasteiger partial charge in [0.2, 0.25) is 15.9 Å². The van der Waals surface area contributed by atoms with Crippen molar-refractivity contribution in [2.24, 2.45) is 5.92 Å². The number of amides is 1.